The monoisotopic (exact) mass is 432 g/mol. The fourth-order valence-corrected chi connectivity index (χ4v) is 5.02. The highest BCUT2D eigenvalue weighted by molar-refractivity contribution is 9.10. The first-order valence-corrected chi connectivity index (χ1v) is 10.6. The van der Waals surface area contributed by atoms with Gasteiger partial charge in [-0.25, -0.2) is 0 Å². The Morgan fingerprint density at radius 3 is 1.55 bits per heavy atom. The second-order valence-corrected chi connectivity index (χ2v) is 8.38. The van der Waals surface area contributed by atoms with Crippen LogP contribution in [0.5, 0.6) is 0 Å². The largest absolute Gasteiger partial charge is 0.0616 e. The molecule has 0 atom stereocenters. The van der Waals surface area contributed by atoms with Crippen molar-refractivity contribution in [3.63, 3.8) is 0 Å². The van der Waals surface area contributed by atoms with Gasteiger partial charge >= 0.3 is 0 Å². The third-order valence-corrected chi connectivity index (χ3v) is 6.60. The maximum atomic E-state index is 3.66. The number of halogens is 1. The minimum atomic E-state index is 1.14. The average Bonchev–Trinajstić information content (AvgIpc) is 2.79. The molecule has 136 valence electrons. The van der Waals surface area contributed by atoms with Crippen molar-refractivity contribution >= 4 is 59.0 Å². The molecule has 0 amide bonds. The van der Waals surface area contributed by atoms with Crippen LogP contribution in [0.25, 0.3) is 54.2 Å². The number of rotatable bonds is 1. The van der Waals surface area contributed by atoms with Crippen LogP contribution < -0.4 is 0 Å². The standard InChI is InChI=1S/C28H17Br/c29-28-11-5-6-20-16-18(12-14-21(20)28)19-13-15-26-24-9-2-1-7-22(24)23-8-3-4-10-25(23)27(26)17-19/h1-17H. The van der Waals surface area contributed by atoms with E-state index in [4.69, 9.17) is 0 Å². The summed E-state index contributed by atoms with van der Waals surface area (Å²) in [6.07, 6.45) is 0. The van der Waals surface area contributed by atoms with Crippen molar-refractivity contribution in [3.8, 4) is 11.1 Å². The molecule has 0 aliphatic rings. The molecule has 1 heteroatoms. The van der Waals surface area contributed by atoms with E-state index in [1.807, 2.05) is 0 Å². The van der Waals surface area contributed by atoms with Gasteiger partial charge in [-0.05, 0) is 72.4 Å². The molecule has 0 nitrogen and oxygen atoms in total. The number of hydrogen-bond acceptors (Lipinski definition) is 0. The van der Waals surface area contributed by atoms with Crippen LogP contribution in [0.3, 0.4) is 0 Å². The predicted octanol–water partition coefficient (Wildman–Crippen LogP) is 8.73. The Hall–Kier alpha value is -3.16. The molecule has 0 radical (unpaired) electrons. The third-order valence-electron chi connectivity index (χ3n) is 5.90. The van der Waals surface area contributed by atoms with Crippen molar-refractivity contribution in [2.45, 2.75) is 0 Å². The van der Waals surface area contributed by atoms with Gasteiger partial charge in [0.2, 0.25) is 0 Å². The first kappa shape index (κ1) is 16.8. The highest BCUT2D eigenvalue weighted by Crippen LogP contribution is 2.37. The van der Waals surface area contributed by atoms with Gasteiger partial charge in [-0.1, -0.05) is 101 Å². The molecule has 6 aromatic rings. The Morgan fingerprint density at radius 2 is 0.897 bits per heavy atom. The van der Waals surface area contributed by atoms with Crippen LogP contribution in [0.15, 0.2) is 108 Å². The lowest BCUT2D eigenvalue weighted by molar-refractivity contribution is 1.67. The molecule has 0 heterocycles. The third kappa shape index (κ3) is 2.58. The van der Waals surface area contributed by atoms with E-state index in [1.165, 1.54) is 54.2 Å². The lowest BCUT2D eigenvalue weighted by Gasteiger charge is -2.12. The van der Waals surface area contributed by atoms with Crippen LogP contribution in [-0.2, 0) is 0 Å². The molecule has 29 heavy (non-hydrogen) atoms. The van der Waals surface area contributed by atoms with E-state index < -0.39 is 0 Å². The quantitative estimate of drug-likeness (QED) is 0.228. The summed E-state index contributed by atoms with van der Waals surface area (Å²) in [7, 11) is 0. The number of benzene rings is 6. The molecular formula is C28H17Br. The molecule has 0 fully saturated rings. The van der Waals surface area contributed by atoms with E-state index in [-0.39, 0.29) is 0 Å². The van der Waals surface area contributed by atoms with Gasteiger partial charge in [0.15, 0.2) is 0 Å². The smallest absolute Gasteiger partial charge is 0.0253 e. The van der Waals surface area contributed by atoms with Gasteiger partial charge < -0.3 is 0 Å². The highest BCUT2D eigenvalue weighted by atomic mass is 79.9. The van der Waals surface area contributed by atoms with E-state index in [0.717, 1.165) is 4.47 Å². The summed E-state index contributed by atoms with van der Waals surface area (Å²) < 4.78 is 1.14. The molecule has 0 bridgehead atoms. The molecule has 0 aromatic heterocycles. The van der Waals surface area contributed by atoms with E-state index >= 15 is 0 Å². The molecule has 6 aromatic carbocycles. The number of fused-ring (bicyclic) bond motifs is 7. The van der Waals surface area contributed by atoms with Crippen LogP contribution in [0.1, 0.15) is 0 Å². The van der Waals surface area contributed by atoms with Gasteiger partial charge in [-0.15, -0.1) is 0 Å². The lowest BCUT2D eigenvalue weighted by Crippen LogP contribution is -1.85. The van der Waals surface area contributed by atoms with E-state index in [1.54, 1.807) is 0 Å². The van der Waals surface area contributed by atoms with Crippen molar-refractivity contribution in [2.75, 3.05) is 0 Å². The topological polar surface area (TPSA) is 0 Å². The summed E-state index contributed by atoms with van der Waals surface area (Å²) in [5, 5.41) is 10.4. The maximum absolute atomic E-state index is 3.66. The first-order valence-electron chi connectivity index (χ1n) is 9.81. The Labute approximate surface area is 177 Å². The van der Waals surface area contributed by atoms with E-state index in [2.05, 4.69) is 119 Å². The Kier molecular flexibility index (Phi) is 3.72. The van der Waals surface area contributed by atoms with Gasteiger partial charge in [0.25, 0.3) is 0 Å². The summed E-state index contributed by atoms with van der Waals surface area (Å²) in [6, 6.07) is 37.4. The van der Waals surface area contributed by atoms with Crippen molar-refractivity contribution in [3.05, 3.63) is 108 Å². The van der Waals surface area contributed by atoms with Gasteiger partial charge in [0.05, 0.1) is 0 Å². The van der Waals surface area contributed by atoms with Crippen molar-refractivity contribution in [1.82, 2.24) is 0 Å². The number of hydrogen-bond donors (Lipinski definition) is 0. The first-order chi connectivity index (χ1) is 14.3. The van der Waals surface area contributed by atoms with Crippen LogP contribution in [0.4, 0.5) is 0 Å². The summed E-state index contributed by atoms with van der Waals surface area (Å²) in [5.41, 5.74) is 2.49. The van der Waals surface area contributed by atoms with Gasteiger partial charge in [-0.3, -0.25) is 0 Å². The fraction of sp³-hybridized carbons (Fsp3) is 0. The fourth-order valence-electron chi connectivity index (χ4n) is 4.51. The van der Waals surface area contributed by atoms with Crippen LogP contribution >= 0.6 is 15.9 Å². The molecule has 6 rings (SSSR count). The zero-order valence-electron chi connectivity index (χ0n) is 15.7. The molecule has 0 saturated carbocycles. The predicted molar refractivity (Wildman–Crippen MR) is 130 cm³/mol. The van der Waals surface area contributed by atoms with Crippen molar-refractivity contribution in [2.24, 2.45) is 0 Å². The molecule has 0 aliphatic carbocycles. The van der Waals surface area contributed by atoms with Crippen molar-refractivity contribution < 1.29 is 0 Å². The Morgan fingerprint density at radius 1 is 0.379 bits per heavy atom. The molecule has 0 N–H and O–H groups in total. The summed E-state index contributed by atoms with van der Waals surface area (Å²) in [5.74, 6) is 0. The Bertz CT molecular complexity index is 1520. The van der Waals surface area contributed by atoms with Crippen LogP contribution in [0.2, 0.25) is 0 Å². The van der Waals surface area contributed by atoms with Crippen LogP contribution in [-0.4, -0.2) is 0 Å². The summed E-state index contributed by atoms with van der Waals surface area (Å²) in [6.45, 7) is 0. The minimum Gasteiger partial charge on any atom is -0.0616 e. The summed E-state index contributed by atoms with van der Waals surface area (Å²) >= 11 is 3.66. The second kappa shape index (κ2) is 6.43. The van der Waals surface area contributed by atoms with E-state index in [0.29, 0.717) is 0 Å². The van der Waals surface area contributed by atoms with Gasteiger partial charge in [0.1, 0.15) is 0 Å². The molecule has 0 saturated heterocycles. The lowest BCUT2D eigenvalue weighted by atomic mass is 9.92. The highest BCUT2D eigenvalue weighted by Gasteiger charge is 2.10. The maximum Gasteiger partial charge on any atom is 0.0253 e. The van der Waals surface area contributed by atoms with Gasteiger partial charge in [0, 0.05) is 4.47 Å². The van der Waals surface area contributed by atoms with Gasteiger partial charge in [-0.2, -0.15) is 0 Å². The average molecular weight is 433 g/mol. The summed E-state index contributed by atoms with van der Waals surface area (Å²) in [4.78, 5) is 0. The SMILES string of the molecule is Brc1cccc2cc(-c3ccc4c5ccccc5c5ccccc5c4c3)ccc12. The van der Waals surface area contributed by atoms with E-state index in [9.17, 15) is 0 Å². The Balaban J connectivity index is 1.68. The second-order valence-electron chi connectivity index (χ2n) is 7.53. The zero-order chi connectivity index (χ0) is 19.4. The molecular weight excluding hydrogens is 416 g/mol. The minimum absolute atomic E-state index is 1.14. The normalized spacial score (nSPS) is 11.6. The zero-order valence-corrected chi connectivity index (χ0v) is 17.3. The molecule has 0 spiro atoms. The van der Waals surface area contributed by atoms with Crippen molar-refractivity contribution in [1.29, 1.82) is 0 Å². The molecule has 0 aliphatic heterocycles. The molecule has 0 unspecified atom stereocenters. The van der Waals surface area contributed by atoms with Crippen LogP contribution in [0, 0.1) is 0 Å².